The number of likely N-dealkylation sites (N-methyl/N-ethyl adjacent to an activating group) is 1. The molecule has 0 saturated carbocycles. The number of piperidine rings is 3. The van der Waals surface area contributed by atoms with E-state index in [2.05, 4.69) is 77.9 Å². The maximum absolute atomic E-state index is 3.66. The molecule has 3 fully saturated rings. The number of hydrogen-bond donors (Lipinski definition) is 1. The van der Waals surface area contributed by atoms with E-state index in [-0.39, 0.29) is 0 Å². The Morgan fingerprint density at radius 2 is 1.39 bits per heavy atom. The summed E-state index contributed by atoms with van der Waals surface area (Å²) < 4.78 is 0. The van der Waals surface area contributed by atoms with Gasteiger partial charge in [0.05, 0.1) is 0 Å². The molecule has 0 spiro atoms. The lowest BCUT2D eigenvalue weighted by atomic mass is 9.70. The summed E-state index contributed by atoms with van der Waals surface area (Å²) in [5, 5.41) is 3.66. The Hall–Kier alpha value is -1.64. The summed E-state index contributed by atoms with van der Waals surface area (Å²) in [6.45, 7) is 2.51. The maximum atomic E-state index is 3.66. The van der Waals surface area contributed by atoms with Gasteiger partial charge in [0.2, 0.25) is 0 Å². The van der Waals surface area contributed by atoms with E-state index in [0.717, 1.165) is 5.92 Å². The molecule has 120 valence electrons. The third kappa shape index (κ3) is 2.71. The van der Waals surface area contributed by atoms with Gasteiger partial charge >= 0.3 is 0 Å². The Morgan fingerprint density at radius 1 is 0.870 bits per heavy atom. The van der Waals surface area contributed by atoms with Gasteiger partial charge < -0.3 is 5.32 Å². The molecule has 1 N–H and O–H groups in total. The summed E-state index contributed by atoms with van der Waals surface area (Å²) in [7, 11) is 2.15. The van der Waals surface area contributed by atoms with Crippen LogP contribution in [0.15, 0.2) is 60.7 Å². The van der Waals surface area contributed by atoms with Crippen molar-refractivity contribution in [2.75, 3.05) is 20.1 Å². The summed E-state index contributed by atoms with van der Waals surface area (Å²) in [6, 6.07) is 23.3. The molecule has 3 saturated heterocycles. The van der Waals surface area contributed by atoms with Gasteiger partial charge in [-0.05, 0) is 50.0 Å². The van der Waals surface area contributed by atoms with E-state index >= 15 is 0 Å². The second kappa shape index (κ2) is 6.46. The number of nitrogens with one attached hydrogen (secondary N) is 1. The molecule has 0 radical (unpaired) electrons. The normalized spacial score (nSPS) is 29.8. The first-order chi connectivity index (χ1) is 11.4. The van der Waals surface area contributed by atoms with Gasteiger partial charge in [-0.2, -0.15) is 0 Å². The summed E-state index contributed by atoms with van der Waals surface area (Å²) in [4.78, 5) is 2.73. The molecule has 0 unspecified atom stereocenters. The van der Waals surface area contributed by atoms with Crippen molar-refractivity contribution >= 4 is 0 Å². The van der Waals surface area contributed by atoms with Crippen molar-refractivity contribution in [3.63, 3.8) is 0 Å². The Bertz CT molecular complexity index is 577. The Labute approximate surface area is 139 Å². The van der Waals surface area contributed by atoms with E-state index < -0.39 is 0 Å². The van der Waals surface area contributed by atoms with Gasteiger partial charge in [-0.15, -0.1) is 0 Å². The molecule has 0 aromatic heterocycles. The van der Waals surface area contributed by atoms with Crippen LogP contribution in [-0.4, -0.2) is 37.1 Å². The van der Waals surface area contributed by atoms with Crippen LogP contribution in [0.25, 0.3) is 0 Å². The molecule has 2 aromatic rings. The number of benzene rings is 2. The number of nitrogens with zero attached hydrogens (tertiary/aromatic N) is 1. The van der Waals surface area contributed by atoms with Gasteiger partial charge in [0.25, 0.3) is 0 Å². The molecule has 2 bridgehead atoms. The average molecular weight is 306 g/mol. The topological polar surface area (TPSA) is 15.3 Å². The monoisotopic (exact) mass is 306 g/mol. The molecule has 0 amide bonds. The van der Waals surface area contributed by atoms with Crippen molar-refractivity contribution in [3.05, 3.63) is 71.8 Å². The molecular weight excluding hydrogens is 280 g/mol. The highest BCUT2D eigenvalue weighted by molar-refractivity contribution is 5.36. The van der Waals surface area contributed by atoms with Gasteiger partial charge in [-0.1, -0.05) is 60.7 Å². The van der Waals surface area contributed by atoms with Crippen LogP contribution in [0.2, 0.25) is 0 Å². The highest BCUT2D eigenvalue weighted by atomic mass is 15.2. The van der Waals surface area contributed by atoms with E-state index in [1.165, 1.54) is 37.1 Å². The zero-order valence-electron chi connectivity index (χ0n) is 13.9. The molecule has 0 aliphatic carbocycles. The molecule has 23 heavy (non-hydrogen) atoms. The third-order valence-corrected chi connectivity index (χ3v) is 5.86. The second-order valence-electron chi connectivity index (χ2n) is 6.98. The van der Waals surface area contributed by atoms with Crippen LogP contribution in [0.1, 0.15) is 29.9 Å². The summed E-state index contributed by atoms with van der Waals surface area (Å²) in [5.41, 5.74) is 2.88. The first kappa shape index (κ1) is 14.9. The summed E-state index contributed by atoms with van der Waals surface area (Å²) in [6.07, 6.45) is 2.69. The van der Waals surface area contributed by atoms with Crippen molar-refractivity contribution in [1.29, 1.82) is 0 Å². The van der Waals surface area contributed by atoms with Crippen molar-refractivity contribution < 1.29 is 0 Å². The van der Waals surface area contributed by atoms with Crippen LogP contribution in [0.3, 0.4) is 0 Å². The van der Waals surface area contributed by atoms with E-state index in [0.29, 0.717) is 18.0 Å². The van der Waals surface area contributed by atoms with Gasteiger partial charge in [-0.25, -0.2) is 0 Å². The lowest BCUT2D eigenvalue weighted by Crippen LogP contribution is -2.64. The highest BCUT2D eigenvalue weighted by Gasteiger charge is 2.45. The minimum absolute atomic E-state index is 0.443. The first-order valence-electron chi connectivity index (χ1n) is 8.89. The molecule has 3 aliphatic heterocycles. The lowest BCUT2D eigenvalue weighted by Gasteiger charge is -2.54. The SMILES string of the molecule is CN[C@H]1C2CCN(CC2)[C@H]1C(c1ccccc1)c1ccccc1. The third-order valence-electron chi connectivity index (χ3n) is 5.86. The first-order valence-corrected chi connectivity index (χ1v) is 8.89. The average Bonchev–Trinajstić information content (AvgIpc) is 2.65. The van der Waals surface area contributed by atoms with Crippen molar-refractivity contribution in [2.24, 2.45) is 5.92 Å². The molecule has 2 nitrogen and oxygen atoms in total. The quantitative estimate of drug-likeness (QED) is 0.930. The molecular formula is C21H26N2. The Morgan fingerprint density at radius 3 is 1.87 bits per heavy atom. The minimum Gasteiger partial charge on any atom is -0.315 e. The Balaban J connectivity index is 1.79. The molecule has 5 rings (SSSR count). The van der Waals surface area contributed by atoms with E-state index in [4.69, 9.17) is 0 Å². The van der Waals surface area contributed by atoms with E-state index in [1.54, 1.807) is 0 Å². The minimum atomic E-state index is 0.443. The standard InChI is InChI=1S/C21H26N2/c1-22-20-18-12-14-23(15-13-18)21(20)19(16-8-4-2-5-9-16)17-10-6-3-7-11-17/h2-11,18-22H,12-15H2,1H3/t20-,21-/m0/s1. The smallest absolute Gasteiger partial charge is 0.0361 e. The van der Waals surface area contributed by atoms with Crippen LogP contribution in [0.4, 0.5) is 0 Å². The zero-order valence-corrected chi connectivity index (χ0v) is 13.9. The fourth-order valence-corrected chi connectivity index (χ4v) is 4.81. The van der Waals surface area contributed by atoms with Gasteiger partial charge in [0, 0.05) is 18.0 Å². The van der Waals surface area contributed by atoms with Gasteiger partial charge in [-0.3, -0.25) is 4.90 Å². The van der Waals surface area contributed by atoms with Crippen molar-refractivity contribution in [2.45, 2.75) is 30.8 Å². The van der Waals surface area contributed by atoms with Crippen LogP contribution < -0.4 is 5.32 Å². The maximum Gasteiger partial charge on any atom is 0.0361 e. The molecule has 3 aliphatic rings. The van der Waals surface area contributed by atoms with Crippen molar-refractivity contribution in [1.82, 2.24) is 10.2 Å². The van der Waals surface area contributed by atoms with Crippen LogP contribution in [-0.2, 0) is 0 Å². The number of fused-ring (bicyclic) bond motifs is 3. The van der Waals surface area contributed by atoms with E-state index in [9.17, 15) is 0 Å². The van der Waals surface area contributed by atoms with Crippen LogP contribution in [0.5, 0.6) is 0 Å². The predicted molar refractivity (Wildman–Crippen MR) is 95.7 cm³/mol. The largest absolute Gasteiger partial charge is 0.315 e. The lowest BCUT2D eigenvalue weighted by molar-refractivity contribution is 0.00833. The fraction of sp³-hybridized carbons (Fsp3) is 0.429. The highest BCUT2D eigenvalue weighted by Crippen LogP contribution is 2.41. The van der Waals surface area contributed by atoms with Gasteiger partial charge in [0.15, 0.2) is 0 Å². The molecule has 2 aromatic carbocycles. The fourth-order valence-electron chi connectivity index (χ4n) is 4.81. The van der Waals surface area contributed by atoms with Crippen LogP contribution >= 0.6 is 0 Å². The van der Waals surface area contributed by atoms with Gasteiger partial charge in [0.1, 0.15) is 0 Å². The van der Waals surface area contributed by atoms with E-state index in [1.807, 2.05) is 0 Å². The molecule has 3 heterocycles. The molecule has 2 heteroatoms. The molecule has 2 atom stereocenters. The predicted octanol–water partition coefficient (Wildman–Crippen LogP) is 3.50. The Kier molecular flexibility index (Phi) is 4.19. The van der Waals surface area contributed by atoms with Crippen molar-refractivity contribution in [3.8, 4) is 0 Å². The zero-order chi connectivity index (χ0) is 15.6. The summed E-state index contributed by atoms with van der Waals surface area (Å²) in [5.74, 6) is 1.27. The second-order valence-corrected chi connectivity index (χ2v) is 6.98. The van der Waals surface area contributed by atoms with Crippen LogP contribution in [0, 0.1) is 5.92 Å². The summed E-state index contributed by atoms with van der Waals surface area (Å²) >= 11 is 0. The number of hydrogen-bond acceptors (Lipinski definition) is 2. The number of rotatable bonds is 4.